The van der Waals surface area contributed by atoms with Gasteiger partial charge >= 0.3 is 0 Å². The lowest BCUT2D eigenvalue weighted by atomic mass is 9.95. The molecule has 138 heavy (non-hydrogen) atoms. The van der Waals surface area contributed by atoms with Crippen LogP contribution in [0.25, 0.3) is 237 Å². The van der Waals surface area contributed by atoms with Gasteiger partial charge in [-0.25, -0.2) is 59.8 Å². The second-order valence-corrected chi connectivity index (χ2v) is 33.5. The number of aromatic nitrogens is 12. The lowest BCUT2D eigenvalue weighted by molar-refractivity contribution is 1.07. The van der Waals surface area contributed by atoms with Crippen LogP contribution in [0.2, 0.25) is 0 Å². The highest BCUT2D eigenvalue weighted by Crippen LogP contribution is 2.40. The summed E-state index contributed by atoms with van der Waals surface area (Å²) in [6, 6.07) is 175. The molecule has 648 valence electrons. The van der Waals surface area contributed by atoms with Crippen molar-refractivity contribution >= 4 is 0 Å². The van der Waals surface area contributed by atoms with Crippen LogP contribution in [-0.2, 0) is 0 Å². The maximum absolute atomic E-state index is 5.15. The van der Waals surface area contributed by atoms with E-state index in [1.807, 2.05) is 194 Å². The van der Waals surface area contributed by atoms with Gasteiger partial charge in [-0.3, -0.25) is 0 Å². The Morgan fingerprint density at radius 3 is 0.297 bits per heavy atom. The second-order valence-electron chi connectivity index (χ2n) is 33.5. The van der Waals surface area contributed by atoms with Gasteiger partial charge in [0.05, 0.1) is 0 Å². The number of hydrogen-bond acceptors (Lipinski definition) is 12. The fourth-order valence-electron chi connectivity index (χ4n) is 17.2. The summed E-state index contributed by atoms with van der Waals surface area (Å²) in [5.41, 5.74) is 31.0. The molecule has 4 heterocycles. The van der Waals surface area contributed by atoms with Crippen LogP contribution < -0.4 is 0 Å². The Hall–Kier alpha value is -18.8. The highest BCUT2D eigenvalue weighted by atomic mass is 15.1. The SMILES string of the molecule is c1ccc(-c2ccc(-c3cccc(-c4nc(-c5ccccc5)nc(-c5cccc(-c6cccc(-c7cccc(-c8cccc(-c9nc(-c%10ccccc%10)nc(-c%10ccccc%10)n9)c8)c7)c6)c5)n4)c3)cc2)cc1.c1ccc(-c2ccc(-c3cccc(-c4nc(-c5ccccc5)nc(-c5cccc(-c6cccc(-c7cccc(-c8nc(-c9ccccc9)nc(-c9ccccc9)n8)c7)c6)c5)n4)c3)cc2)cc1. The summed E-state index contributed by atoms with van der Waals surface area (Å²) in [7, 11) is 0. The lowest BCUT2D eigenvalue weighted by Gasteiger charge is -2.12. The summed E-state index contributed by atoms with van der Waals surface area (Å²) in [5.74, 6) is 7.43. The van der Waals surface area contributed by atoms with E-state index in [2.05, 4.69) is 315 Å². The van der Waals surface area contributed by atoms with Gasteiger partial charge in [-0.2, -0.15) is 0 Å². The first-order valence-corrected chi connectivity index (χ1v) is 45.9. The van der Waals surface area contributed by atoms with Crippen molar-refractivity contribution in [3.05, 3.63) is 510 Å². The Balaban J connectivity index is 0.000000160. The highest BCUT2D eigenvalue weighted by Gasteiger charge is 2.21. The maximum Gasteiger partial charge on any atom is 0.164 e. The van der Waals surface area contributed by atoms with Crippen molar-refractivity contribution in [2.24, 2.45) is 0 Å². The molecule has 0 spiro atoms. The Kier molecular flexibility index (Phi) is 24.2. The third-order valence-electron chi connectivity index (χ3n) is 24.4. The number of hydrogen-bond donors (Lipinski definition) is 0. The van der Waals surface area contributed by atoms with Crippen LogP contribution in [0, 0.1) is 0 Å². The molecule has 0 aliphatic heterocycles. The third kappa shape index (κ3) is 19.2. The van der Waals surface area contributed by atoms with Gasteiger partial charge in [0.2, 0.25) is 0 Å². The van der Waals surface area contributed by atoms with Crippen molar-refractivity contribution in [2.75, 3.05) is 0 Å². The predicted molar refractivity (Wildman–Crippen MR) is 561 cm³/mol. The summed E-state index contributed by atoms with van der Waals surface area (Å²) in [6.45, 7) is 0. The van der Waals surface area contributed by atoms with E-state index in [0.717, 1.165) is 145 Å². The van der Waals surface area contributed by atoms with Crippen molar-refractivity contribution in [2.45, 2.75) is 0 Å². The van der Waals surface area contributed by atoms with E-state index in [-0.39, 0.29) is 0 Å². The number of nitrogens with zero attached hydrogens (tertiary/aromatic N) is 12. The van der Waals surface area contributed by atoms with Gasteiger partial charge in [0, 0.05) is 66.8 Å². The molecular weight excluding hydrogens is 1680 g/mol. The molecule has 0 unspecified atom stereocenters. The van der Waals surface area contributed by atoms with Crippen molar-refractivity contribution in [3.63, 3.8) is 0 Å². The maximum atomic E-state index is 5.15. The van der Waals surface area contributed by atoms with E-state index in [1.165, 1.54) is 22.3 Å². The van der Waals surface area contributed by atoms with Crippen LogP contribution in [0.4, 0.5) is 0 Å². The molecule has 0 bridgehead atoms. The van der Waals surface area contributed by atoms with E-state index >= 15 is 0 Å². The number of benzene rings is 19. The van der Waals surface area contributed by atoms with Crippen molar-refractivity contribution in [1.82, 2.24) is 59.8 Å². The largest absolute Gasteiger partial charge is 0.208 e. The molecule has 23 rings (SSSR count). The van der Waals surface area contributed by atoms with Crippen LogP contribution in [0.1, 0.15) is 0 Å². The minimum absolute atomic E-state index is 0.601. The smallest absolute Gasteiger partial charge is 0.164 e. The molecule has 0 saturated heterocycles. The highest BCUT2D eigenvalue weighted by molar-refractivity contribution is 5.85. The van der Waals surface area contributed by atoms with Crippen molar-refractivity contribution < 1.29 is 0 Å². The summed E-state index contributed by atoms with van der Waals surface area (Å²) < 4.78 is 0. The molecule has 0 fully saturated rings. The zero-order chi connectivity index (χ0) is 92.1. The fourth-order valence-corrected chi connectivity index (χ4v) is 17.2. The summed E-state index contributed by atoms with van der Waals surface area (Å²) in [6.07, 6.45) is 0. The van der Waals surface area contributed by atoms with Crippen molar-refractivity contribution in [3.8, 4) is 237 Å². The first-order valence-electron chi connectivity index (χ1n) is 45.9. The second kappa shape index (κ2) is 39.3. The van der Waals surface area contributed by atoms with Crippen LogP contribution >= 0.6 is 0 Å². The molecule has 0 radical (unpaired) electrons. The predicted octanol–water partition coefficient (Wildman–Crippen LogP) is 31.1. The van der Waals surface area contributed by atoms with Crippen LogP contribution in [-0.4, -0.2) is 59.8 Å². The first kappa shape index (κ1) is 84.7. The van der Waals surface area contributed by atoms with Crippen molar-refractivity contribution in [1.29, 1.82) is 0 Å². The van der Waals surface area contributed by atoms with E-state index in [1.54, 1.807) is 0 Å². The van der Waals surface area contributed by atoms with E-state index in [0.29, 0.717) is 69.9 Å². The molecule has 0 saturated carbocycles. The molecule has 0 aliphatic rings. The standard InChI is InChI=1S/C66H44N6.C60H40N6/c1-5-18-45(19-6-1)46-36-38-47(39-37-46)51-26-15-33-58(42-51)65-70-63(50-24-11-4-12-25-50)71-66(72-65)60-35-17-32-57(44-60)55-30-14-28-53(41-55)52-27-13-29-54(40-52)56-31-16-34-59(43-56)64-68-61(48-20-7-2-8-21-48)67-62(69-64)49-22-9-3-10-23-49;1-5-17-41(18-6-1)42-33-35-43(36-34-42)47-25-14-30-52(38-47)59-64-57(46-23-11-4-12-24-46)65-60(66-59)54-32-16-29-51(40-54)49-27-13-26-48(37-49)50-28-15-31-53(39-50)58-62-55(44-19-7-2-8-20-44)61-56(63-58)45-21-9-3-10-22-45/h1-44H;1-40H. The van der Waals surface area contributed by atoms with Gasteiger partial charge in [-0.05, 0) is 155 Å². The Bertz CT molecular complexity index is 8150. The first-order chi connectivity index (χ1) is 68.3. The average Bonchev–Trinajstić information content (AvgIpc) is 0.795. The fraction of sp³-hybridized carbons (Fsp3) is 0. The minimum Gasteiger partial charge on any atom is -0.208 e. The van der Waals surface area contributed by atoms with Gasteiger partial charge in [-0.15, -0.1) is 0 Å². The summed E-state index contributed by atoms with van der Waals surface area (Å²) in [4.78, 5) is 60.3. The molecule has 19 aromatic carbocycles. The lowest BCUT2D eigenvalue weighted by Crippen LogP contribution is -2.00. The molecule has 4 aromatic heterocycles. The summed E-state index contributed by atoms with van der Waals surface area (Å²) >= 11 is 0. The molecule has 0 atom stereocenters. The average molecular weight is 1770 g/mol. The zero-order valence-electron chi connectivity index (χ0n) is 74.9. The molecule has 12 heteroatoms. The summed E-state index contributed by atoms with van der Waals surface area (Å²) in [5, 5.41) is 0. The molecule has 23 aromatic rings. The Labute approximate surface area is 800 Å². The normalized spacial score (nSPS) is 11.0. The number of rotatable bonds is 21. The van der Waals surface area contributed by atoms with Crippen LogP contribution in [0.3, 0.4) is 0 Å². The van der Waals surface area contributed by atoms with E-state index in [4.69, 9.17) is 59.8 Å². The quantitative estimate of drug-likeness (QED) is 0.0672. The van der Waals surface area contributed by atoms with Crippen LogP contribution in [0.15, 0.2) is 510 Å². The molecule has 0 N–H and O–H groups in total. The molecule has 0 aliphatic carbocycles. The van der Waals surface area contributed by atoms with Gasteiger partial charge < -0.3 is 0 Å². The minimum atomic E-state index is 0.601. The molecule has 0 amide bonds. The third-order valence-corrected chi connectivity index (χ3v) is 24.4. The monoisotopic (exact) mass is 1760 g/mol. The van der Waals surface area contributed by atoms with Gasteiger partial charge in [-0.1, -0.05) is 455 Å². The van der Waals surface area contributed by atoms with Crippen LogP contribution in [0.5, 0.6) is 0 Å². The van der Waals surface area contributed by atoms with Gasteiger partial charge in [0.1, 0.15) is 0 Å². The van der Waals surface area contributed by atoms with E-state index < -0.39 is 0 Å². The van der Waals surface area contributed by atoms with E-state index in [9.17, 15) is 0 Å². The molecule has 12 nitrogen and oxygen atoms in total. The van der Waals surface area contributed by atoms with Gasteiger partial charge in [0.15, 0.2) is 69.9 Å². The Morgan fingerprint density at radius 2 is 0.152 bits per heavy atom. The molecular formula is C126H84N12. The Morgan fingerprint density at radius 1 is 0.0652 bits per heavy atom. The van der Waals surface area contributed by atoms with Gasteiger partial charge in [0.25, 0.3) is 0 Å². The zero-order valence-corrected chi connectivity index (χ0v) is 74.9. The topological polar surface area (TPSA) is 155 Å².